The van der Waals surface area contributed by atoms with Crippen LogP contribution in [0, 0.1) is 0 Å². The van der Waals surface area contributed by atoms with E-state index in [1.54, 1.807) is 25.3 Å². The minimum absolute atomic E-state index is 0.115. The number of ether oxygens (including phenoxy) is 2. The fraction of sp³-hybridized carbons (Fsp3) is 0.0857. The first-order chi connectivity index (χ1) is 21.1. The standard InChI is InChI=1S/C35H28BF2N3O2/c1-3-43-29-20-16-24(17-21-29)30-22-32(26-10-6-4-7-11-26)39-34(30)40-35-31(25-14-18-28(42-2)19-15-25)23-33(41(35)36(37)38)27-12-8-5-9-13-27/h4-23H,3H2,1-2H3/b40-34-. The number of aromatic nitrogens is 1. The van der Waals surface area contributed by atoms with Gasteiger partial charge < -0.3 is 14.0 Å². The molecule has 1 aliphatic heterocycles. The lowest BCUT2D eigenvalue weighted by Gasteiger charge is -2.11. The van der Waals surface area contributed by atoms with Crippen LogP contribution in [0.4, 0.5) is 14.4 Å². The summed E-state index contributed by atoms with van der Waals surface area (Å²) in [6.45, 7) is 2.49. The zero-order valence-corrected chi connectivity index (χ0v) is 23.7. The Labute approximate surface area is 249 Å². The Morgan fingerprint density at radius 2 is 1.35 bits per heavy atom. The number of amidine groups is 1. The van der Waals surface area contributed by atoms with E-state index in [0.29, 0.717) is 40.7 Å². The third kappa shape index (κ3) is 5.77. The minimum Gasteiger partial charge on any atom is -0.497 e. The van der Waals surface area contributed by atoms with Gasteiger partial charge in [-0.15, -0.1) is 0 Å². The number of aliphatic imine (C=N–C) groups is 2. The lowest BCUT2D eigenvalue weighted by atomic mass is 10.0. The smallest absolute Gasteiger partial charge is 0.497 e. The van der Waals surface area contributed by atoms with Crippen molar-refractivity contribution in [3.8, 4) is 33.9 Å². The van der Waals surface area contributed by atoms with E-state index in [1.807, 2.05) is 110 Å². The molecule has 6 rings (SSSR count). The molecular weight excluding hydrogens is 543 g/mol. The first-order valence-corrected chi connectivity index (χ1v) is 14.0. The summed E-state index contributed by atoms with van der Waals surface area (Å²) in [5.41, 5.74) is 5.49. The molecule has 0 amide bonds. The molecule has 5 nitrogen and oxygen atoms in total. The van der Waals surface area contributed by atoms with Gasteiger partial charge in [-0.2, -0.15) is 0 Å². The molecule has 1 aliphatic rings. The first-order valence-electron chi connectivity index (χ1n) is 14.0. The van der Waals surface area contributed by atoms with E-state index in [1.165, 1.54) is 0 Å². The predicted octanol–water partition coefficient (Wildman–Crippen LogP) is 8.62. The van der Waals surface area contributed by atoms with Gasteiger partial charge in [0.15, 0.2) is 5.84 Å². The molecule has 0 saturated carbocycles. The molecule has 0 fully saturated rings. The Morgan fingerprint density at radius 1 is 0.744 bits per heavy atom. The van der Waals surface area contributed by atoms with Crippen molar-refractivity contribution in [2.24, 2.45) is 9.98 Å². The van der Waals surface area contributed by atoms with Crippen molar-refractivity contribution in [2.45, 2.75) is 6.92 Å². The van der Waals surface area contributed by atoms with E-state index < -0.39 is 7.40 Å². The largest absolute Gasteiger partial charge is 0.679 e. The van der Waals surface area contributed by atoms with E-state index in [2.05, 4.69) is 0 Å². The van der Waals surface area contributed by atoms with Crippen molar-refractivity contribution in [3.63, 3.8) is 0 Å². The van der Waals surface area contributed by atoms with Gasteiger partial charge in [-0.3, -0.25) is 8.63 Å². The Balaban J connectivity index is 1.57. The topological polar surface area (TPSA) is 48.1 Å². The van der Waals surface area contributed by atoms with Crippen LogP contribution in [0.15, 0.2) is 131 Å². The van der Waals surface area contributed by atoms with Gasteiger partial charge in [0.2, 0.25) is 0 Å². The highest BCUT2D eigenvalue weighted by atomic mass is 19.2. The van der Waals surface area contributed by atoms with E-state index in [0.717, 1.165) is 32.5 Å². The fourth-order valence-corrected chi connectivity index (χ4v) is 5.10. The number of benzene rings is 4. The van der Waals surface area contributed by atoms with Gasteiger partial charge in [-0.05, 0) is 60.0 Å². The van der Waals surface area contributed by atoms with Crippen LogP contribution >= 0.6 is 0 Å². The highest BCUT2D eigenvalue weighted by Crippen LogP contribution is 2.41. The van der Waals surface area contributed by atoms with Crippen molar-refractivity contribution in [1.29, 1.82) is 0 Å². The average molecular weight is 571 g/mol. The summed E-state index contributed by atoms with van der Waals surface area (Å²) >= 11 is 0. The number of halogens is 2. The second-order valence-electron chi connectivity index (χ2n) is 9.82. The number of allylic oxidation sites excluding steroid dienone is 1. The molecule has 8 heteroatoms. The maximum Gasteiger partial charge on any atom is 0.679 e. The molecule has 0 N–H and O–H groups in total. The molecule has 0 spiro atoms. The molecule has 2 heterocycles. The molecular formula is C35H28BF2N3O2. The number of hydrogen-bond acceptors (Lipinski definition) is 3. The summed E-state index contributed by atoms with van der Waals surface area (Å²) < 4.78 is 41.9. The molecule has 0 bridgehead atoms. The minimum atomic E-state index is -2.85. The molecule has 212 valence electrons. The third-order valence-electron chi connectivity index (χ3n) is 7.18. The third-order valence-corrected chi connectivity index (χ3v) is 7.18. The number of methoxy groups -OCH3 is 1. The summed E-state index contributed by atoms with van der Waals surface area (Å²) in [7, 11) is -1.26. The summed E-state index contributed by atoms with van der Waals surface area (Å²) in [5, 5.41) is 0. The van der Waals surface area contributed by atoms with Gasteiger partial charge in [0.05, 0.1) is 19.4 Å². The second-order valence-corrected chi connectivity index (χ2v) is 9.82. The molecule has 0 saturated heterocycles. The normalized spacial score (nSPS) is 13.5. The summed E-state index contributed by atoms with van der Waals surface area (Å²) in [5.74, 6) is 1.87. The molecule has 1 aromatic heterocycles. The molecule has 0 radical (unpaired) electrons. The van der Waals surface area contributed by atoms with Gasteiger partial charge >= 0.3 is 7.40 Å². The number of rotatable bonds is 9. The van der Waals surface area contributed by atoms with Crippen molar-refractivity contribution in [2.75, 3.05) is 13.7 Å². The number of nitrogens with zero attached hydrogens (tertiary/aromatic N) is 3. The predicted molar refractivity (Wildman–Crippen MR) is 171 cm³/mol. The molecule has 5 aromatic rings. The lowest BCUT2D eigenvalue weighted by molar-refractivity contribution is 0.340. The van der Waals surface area contributed by atoms with Crippen LogP contribution in [0.3, 0.4) is 0 Å². The molecule has 0 atom stereocenters. The lowest BCUT2D eigenvalue weighted by Crippen LogP contribution is -2.14. The van der Waals surface area contributed by atoms with Gasteiger partial charge in [0.25, 0.3) is 0 Å². The highest BCUT2D eigenvalue weighted by molar-refractivity contribution is 6.43. The zero-order chi connectivity index (χ0) is 29.8. The number of hydrogen-bond donors (Lipinski definition) is 0. The van der Waals surface area contributed by atoms with Gasteiger partial charge in [-0.25, -0.2) is 9.98 Å². The second kappa shape index (κ2) is 12.3. The molecule has 0 aliphatic carbocycles. The molecule has 43 heavy (non-hydrogen) atoms. The van der Waals surface area contributed by atoms with Crippen LogP contribution in [0.2, 0.25) is 0 Å². The van der Waals surface area contributed by atoms with Crippen molar-refractivity contribution in [3.05, 3.63) is 132 Å². The zero-order valence-electron chi connectivity index (χ0n) is 23.7. The average Bonchev–Trinajstić information content (AvgIpc) is 3.65. The van der Waals surface area contributed by atoms with E-state index >= 15 is 0 Å². The van der Waals surface area contributed by atoms with Crippen molar-refractivity contribution < 1.29 is 18.1 Å². The Bertz CT molecular complexity index is 1810. The first kappa shape index (κ1) is 27.9. The summed E-state index contributed by atoms with van der Waals surface area (Å²) in [6, 6.07) is 35.6. The van der Waals surface area contributed by atoms with E-state index in [4.69, 9.17) is 19.5 Å². The van der Waals surface area contributed by atoms with Gasteiger partial charge in [0, 0.05) is 22.4 Å². The van der Waals surface area contributed by atoms with Crippen LogP contribution in [-0.2, 0) is 0 Å². The monoisotopic (exact) mass is 571 g/mol. The fourth-order valence-electron chi connectivity index (χ4n) is 5.10. The van der Waals surface area contributed by atoms with Gasteiger partial charge in [0.1, 0.15) is 17.3 Å². The van der Waals surface area contributed by atoms with Crippen LogP contribution in [0.1, 0.15) is 18.1 Å². The van der Waals surface area contributed by atoms with Crippen LogP contribution in [-0.4, -0.2) is 37.1 Å². The van der Waals surface area contributed by atoms with E-state index in [-0.39, 0.29) is 5.82 Å². The Kier molecular flexibility index (Phi) is 8.00. The van der Waals surface area contributed by atoms with Crippen molar-refractivity contribution in [1.82, 2.24) is 4.48 Å². The van der Waals surface area contributed by atoms with Crippen LogP contribution in [0.25, 0.3) is 28.0 Å². The summed E-state index contributed by atoms with van der Waals surface area (Å²) in [6.07, 6.45) is 1.95. The van der Waals surface area contributed by atoms with E-state index in [9.17, 15) is 8.63 Å². The Hall–Kier alpha value is -5.24. The van der Waals surface area contributed by atoms with Crippen LogP contribution < -0.4 is 9.47 Å². The highest BCUT2D eigenvalue weighted by Gasteiger charge is 2.30. The van der Waals surface area contributed by atoms with Crippen LogP contribution in [0.5, 0.6) is 11.5 Å². The van der Waals surface area contributed by atoms with Gasteiger partial charge in [-0.1, -0.05) is 84.9 Å². The quantitative estimate of drug-likeness (QED) is 0.166. The molecule has 4 aromatic carbocycles. The SMILES string of the molecule is CCOc1ccc(C2=CC(c3ccccc3)=N/C2=N\c2c(-c3ccc(OC)cc3)cc(-c3ccccc3)n2B(F)F)cc1. The maximum atomic E-state index is 15.0. The Morgan fingerprint density at radius 3 is 1.95 bits per heavy atom. The molecule has 0 unspecified atom stereocenters. The maximum absolute atomic E-state index is 15.0. The summed E-state index contributed by atoms with van der Waals surface area (Å²) in [4.78, 5) is 9.80. The van der Waals surface area contributed by atoms with Crippen molar-refractivity contribution >= 4 is 30.3 Å².